The van der Waals surface area contributed by atoms with E-state index in [2.05, 4.69) is 6.58 Å². The topological polar surface area (TPSA) is 149 Å². The van der Waals surface area contributed by atoms with Crippen LogP contribution in [0.25, 0.3) is 0 Å². The summed E-state index contributed by atoms with van der Waals surface area (Å²) in [6.45, 7) is 23.5. The van der Waals surface area contributed by atoms with Gasteiger partial charge in [0.05, 0.1) is 54.1 Å². The normalized spacial score (nSPS) is 44.3. The molecule has 344 valence electrons. The lowest BCUT2D eigenvalue weighted by atomic mass is 9.69. The lowest BCUT2D eigenvalue weighted by Gasteiger charge is -2.50. The predicted octanol–water partition coefficient (Wildman–Crippen LogP) is 6.43. The maximum absolute atomic E-state index is 14.7. The number of carbonyl (C=O) groups excluding carboxylic acids is 3. The van der Waals surface area contributed by atoms with E-state index in [-0.39, 0.29) is 43.2 Å². The second kappa shape index (κ2) is 19.7. The van der Waals surface area contributed by atoms with Crippen molar-refractivity contribution in [1.82, 2.24) is 4.90 Å². The lowest BCUT2D eigenvalue weighted by molar-refractivity contribution is -0.314. The number of hydrogen-bond acceptors (Lipinski definition) is 13. The molecule has 3 unspecified atom stereocenters. The zero-order chi connectivity index (χ0) is 45.4. The van der Waals surface area contributed by atoms with Crippen LogP contribution in [0, 0.1) is 35.5 Å². The Morgan fingerprint density at radius 1 is 0.918 bits per heavy atom. The molecule has 0 aliphatic carbocycles. The van der Waals surface area contributed by atoms with Gasteiger partial charge >= 0.3 is 5.97 Å². The second-order valence-corrected chi connectivity index (χ2v) is 19.3. The van der Waals surface area contributed by atoms with E-state index in [9.17, 15) is 19.5 Å². The number of nitrogens with zero attached hydrogens (tertiary/aromatic N) is 1. The quantitative estimate of drug-likeness (QED) is 0.157. The van der Waals surface area contributed by atoms with Crippen LogP contribution in [-0.4, -0.2) is 135 Å². The molecule has 4 fully saturated rings. The number of aliphatic hydroxyl groups excluding tert-OH is 1. The molecule has 13 nitrogen and oxygen atoms in total. The van der Waals surface area contributed by atoms with Crippen LogP contribution >= 0.6 is 0 Å². The first-order chi connectivity index (χ1) is 28.6. The van der Waals surface area contributed by atoms with Crippen molar-refractivity contribution in [2.24, 2.45) is 35.5 Å². The van der Waals surface area contributed by atoms with E-state index in [1.807, 2.05) is 99.5 Å². The summed E-state index contributed by atoms with van der Waals surface area (Å²) in [7, 11) is 6.98. The summed E-state index contributed by atoms with van der Waals surface area (Å²) in [5.41, 5.74) is -1.89. The molecule has 0 bridgehead atoms. The molecule has 0 amide bonds. The third kappa shape index (κ3) is 9.90. The molecule has 4 saturated heterocycles. The van der Waals surface area contributed by atoms with Gasteiger partial charge in [-0.15, -0.1) is 0 Å². The summed E-state index contributed by atoms with van der Waals surface area (Å²) < 4.78 is 52.5. The van der Waals surface area contributed by atoms with Gasteiger partial charge < -0.3 is 47.9 Å². The Hall–Kier alpha value is -2.59. The number of ether oxygens (including phenoxy) is 8. The highest BCUT2D eigenvalue weighted by Gasteiger charge is 2.57. The van der Waals surface area contributed by atoms with Crippen molar-refractivity contribution in [3.05, 3.63) is 48.0 Å². The van der Waals surface area contributed by atoms with E-state index in [4.69, 9.17) is 37.9 Å². The van der Waals surface area contributed by atoms with Crippen molar-refractivity contribution >= 4 is 17.5 Å². The SMILES string of the molecule is C=C1CO[C@]2(C)[C@@H](CC)OC(=O)[C@H](C)[C@@H](O[C@H]3C[C@@](C)(OC)C(C(=O)c4ccccc4)[C@H](C)O3)[C@H](C)[C@@H](O[C@@H]3O[C@H](C)C[C@H](N(C)C)[C@H]3O)[C@](C)(OC)CC(C)C(=O)C(C)[C@H]12. The summed E-state index contributed by atoms with van der Waals surface area (Å²) in [6, 6.07) is 8.82. The first-order valence-electron chi connectivity index (χ1n) is 22.3. The summed E-state index contributed by atoms with van der Waals surface area (Å²) in [5, 5.41) is 11.8. The minimum Gasteiger partial charge on any atom is -0.459 e. The molecule has 13 heteroatoms. The average molecular weight is 858 g/mol. The minimum absolute atomic E-state index is 0.00439. The second-order valence-electron chi connectivity index (χ2n) is 19.3. The summed E-state index contributed by atoms with van der Waals surface area (Å²) in [5.74, 6) is -4.34. The first kappa shape index (κ1) is 49.4. The fourth-order valence-electron chi connectivity index (χ4n) is 11.2. The van der Waals surface area contributed by atoms with E-state index in [1.54, 1.807) is 33.3 Å². The van der Waals surface area contributed by atoms with Gasteiger partial charge in [-0.2, -0.15) is 0 Å². The Morgan fingerprint density at radius 2 is 1.56 bits per heavy atom. The summed E-state index contributed by atoms with van der Waals surface area (Å²) >= 11 is 0. The molecule has 4 aliphatic heterocycles. The van der Waals surface area contributed by atoms with Gasteiger partial charge in [0, 0.05) is 55.9 Å². The lowest BCUT2D eigenvalue weighted by Crippen LogP contribution is -2.61. The molecule has 18 atom stereocenters. The van der Waals surface area contributed by atoms with Gasteiger partial charge in [0.15, 0.2) is 18.4 Å². The molecule has 5 rings (SSSR count). The zero-order valence-corrected chi connectivity index (χ0v) is 39.2. The van der Waals surface area contributed by atoms with Gasteiger partial charge in [0.1, 0.15) is 23.6 Å². The molecule has 1 aromatic carbocycles. The molecule has 61 heavy (non-hydrogen) atoms. The van der Waals surface area contributed by atoms with Crippen LogP contribution in [0.5, 0.6) is 0 Å². The van der Waals surface area contributed by atoms with Crippen LogP contribution < -0.4 is 0 Å². The van der Waals surface area contributed by atoms with Crippen molar-refractivity contribution in [2.75, 3.05) is 34.9 Å². The van der Waals surface area contributed by atoms with Crippen LogP contribution in [0.4, 0.5) is 0 Å². The fourth-order valence-corrected chi connectivity index (χ4v) is 11.2. The molecule has 0 radical (unpaired) electrons. The number of benzene rings is 1. The third-order valence-corrected chi connectivity index (χ3v) is 14.7. The van der Waals surface area contributed by atoms with Crippen molar-refractivity contribution in [2.45, 2.75) is 167 Å². The van der Waals surface area contributed by atoms with Gasteiger partial charge in [-0.3, -0.25) is 14.4 Å². The van der Waals surface area contributed by atoms with Crippen LogP contribution in [-0.2, 0) is 47.5 Å². The first-order valence-corrected chi connectivity index (χ1v) is 22.3. The van der Waals surface area contributed by atoms with Crippen molar-refractivity contribution in [3.63, 3.8) is 0 Å². The molecule has 0 aromatic heterocycles. The smallest absolute Gasteiger partial charge is 0.311 e. The molecular formula is C48H75NO12. The number of carbonyl (C=O) groups is 3. The van der Waals surface area contributed by atoms with Gasteiger partial charge in [0.2, 0.25) is 0 Å². The molecule has 4 aliphatic rings. The van der Waals surface area contributed by atoms with E-state index < -0.39 is 101 Å². The Labute approximate surface area is 364 Å². The van der Waals surface area contributed by atoms with E-state index in [1.165, 1.54) is 0 Å². The highest BCUT2D eigenvalue weighted by atomic mass is 16.7. The number of methoxy groups -OCH3 is 2. The van der Waals surface area contributed by atoms with Gasteiger partial charge in [-0.05, 0) is 80.5 Å². The number of likely N-dealkylation sites (N-methyl/N-ethyl adjacent to an activating group) is 1. The maximum atomic E-state index is 14.7. The third-order valence-electron chi connectivity index (χ3n) is 14.7. The average Bonchev–Trinajstić information content (AvgIpc) is 3.53. The minimum atomic E-state index is -1.19. The fraction of sp³-hybridized carbons (Fsp3) is 0.771. The van der Waals surface area contributed by atoms with E-state index in [0.717, 1.165) is 5.57 Å². The molecule has 1 N–H and O–H groups in total. The molecule has 0 saturated carbocycles. The number of ketones is 2. The molecule has 0 spiro atoms. The summed E-state index contributed by atoms with van der Waals surface area (Å²) in [6.07, 6.45) is -5.10. The highest BCUT2D eigenvalue weighted by Crippen LogP contribution is 2.48. The zero-order valence-electron chi connectivity index (χ0n) is 39.2. The number of fused-ring (bicyclic) bond motifs is 1. The van der Waals surface area contributed by atoms with Gasteiger partial charge in [0.25, 0.3) is 0 Å². The number of Topliss-reactive ketones (excluding diaryl/α,β-unsaturated/α-hetero) is 2. The highest BCUT2D eigenvalue weighted by molar-refractivity contribution is 5.99. The predicted molar refractivity (Wildman–Crippen MR) is 230 cm³/mol. The monoisotopic (exact) mass is 858 g/mol. The standard InChI is InChI=1S/C48H75NO12/c1-16-35-48(11)37(27(3)25-56-48)29(5)39(50)26(2)23-47(10,55-15)43(61-45-41(52)34(49(12)13)22-28(4)57-45)30(6)42(31(7)44(53)59-35)60-36-24-46(9,54-14)38(32(8)58-36)40(51)33-20-18-17-19-21-33/h17-21,26,28-32,34-38,41-43,45,52H,3,16,22-25H2,1-2,4-15H3/t26?,28-,29?,30+,31-,32+,34+,35-,36+,37+,38?,41-,42+,43-,45+,46-,47-,48-/m1/s1. The Morgan fingerprint density at radius 3 is 2.15 bits per heavy atom. The van der Waals surface area contributed by atoms with Crippen molar-refractivity contribution in [1.29, 1.82) is 0 Å². The van der Waals surface area contributed by atoms with Gasteiger partial charge in [-0.1, -0.05) is 64.6 Å². The van der Waals surface area contributed by atoms with Crippen LogP contribution in [0.1, 0.15) is 105 Å². The molecule has 4 heterocycles. The Balaban J connectivity index is 1.62. The number of esters is 1. The Bertz CT molecular complexity index is 1690. The van der Waals surface area contributed by atoms with Crippen LogP contribution in [0.3, 0.4) is 0 Å². The number of cyclic esters (lactones) is 1. The molecular weight excluding hydrogens is 783 g/mol. The van der Waals surface area contributed by atoms with Gasteiger partial charge in [-0.25, -0.2) is 0 Å². The van der Waals surface area contributed by atoms with Crippen molar-refractivity contribution in [3.8, 4) is 0 Å². The number of aliphatic hydroxyl groups is 1. The molecule has 1 aromatic rings. The van der Waals surface area contributed by atoms with E-state index in [0.29, 0.717) is 18.4 Å². The Kier molecular flexibility index (Phi) is 15.9. The summed E-state index contributed by atoms with van der Waals surface area (Å²) in [4.78, 5) is 45.4. The van der Waals surface area contributed by atoms with Crippen LogP contribution in [0.2, 0.25) is 0 Å². The maximum Gasteiger partial charge on any atom is 0.311 e. The van der Waals surface area contributed by atoms with Crippen LogP contribution in [0.15, 0.2) is 42.5 Å². The van der Waals surface area contributed by atoms with Crippen molar-refractivity contribution < 1.29 is 57.4 Å². The largest absolute Gasteiger partial charge is 0.459 e. The number of rotatable bonds is 10. The van der Waals surface area contributed by atoms with E-state index >= 15 is 0 Å². The number of hydrogen-bond donors (Lipinski definition) is 1.